The fraction of sp³-hybridized carbons (Fsp3) is 0.150. The summed E-state index contributed by atoms with van der Waals surface area (Å²) < 4.78 is 25.8. The van der Waals surface area contributed by atoms with Gasteiger partial charge in [-0.2, -0.15) is 0 Å². The monoisotopic (exact) mass is 402 g/mol. The van der Waals surface area contributed by atoms with E-state index in [-0.39, 0.29) is 42.0 Å². The van der Waals surface area contributed by atoms with Crippen LogP contribution in [0.3, 0.4) is 0 Å². The second kappa shape index (κ2) is 8.79. The first kappa shape index (κ1) is 19.8. The van der Waals surface area contributed by atoms with Crippen LogP contribution in [0, 0.1) is 11.6 Å². The van der Waals surface area contributed by atoms with Crippen molar-refractivity contribution in [1.82, 2.24) is 10.2 Å². The van der Waals surface area contributed by atoms with Crippen molar-refractivity contribution in [1.29, 1.82) is 0 Å². The SMILES string of the molecule is O=C(Cc1ccc(F)cc1)NCCN1C(=O)S/C(=C\c2ccc(F)cc2)C1=O. The highest BCUT2D eigenvalue weighted by Crippen LogP contribution is 2.31. The lowest BCUT2D eigenvalue weighted by Crippen LogP contribution is -2.37. The summed E-state index contributed by atoms with van der Waals surface area (Å²) in [6.45, 7) is 0.155. The van der Waals surface area contributed by atoms with Gasteiger partial charge in [0, 0.05) is 13.1 Å². The molecule has 0 unspecified atom stereocenters. The molecule has 1 heterocycles. The number of carbonyl (C=O) groups is 3. The van der Waals surface area contributed by atoms with E-state index in [1.807, 2.05) is 0 Å². The van der Waals surface area contributed by atoms with Crippen LogP contribution in [0.25, 0.3) is 6.08 Å². The molecule has 1 fully saturated rings. The summed E-state index contributed by atoms with van der Waals surface area (Å²) in [7, 11) is 0. The van der Waals surface area contributed by atoms with E-state index in [0.29, 0.717) is 11.1 Å². The van der Waals surface area contributed by atoms with Gasteiger partial charge in [-0.3, -0.25) is 19.3 Å². The van der Waals surface area contributed by atoms with Gasteiger partial charge in [-0.1, -0.05) is 24.3 Å². The zero-order valence-corrected chi connectivity index (χ0v) is 15.5. The normalized spacial score (nSPS) is 15.4. The summed E-state index contributed by atoms with van der Waals surface area (Å²) in [6, 6.07) is 11.2. The number of benzene rings is 2. The molecule has 1 aliphatic heterocycles. The topological polar surface area (TPSA) is 66.5 Å². The van der Waals surface area contributed by atoms with E-state index < -0.39 is 11.1 Å². The maximum Gasteiger partial charge on any atom is 0.293 e. The Morgan fingerprint density at radius 2 is 1.61 bits per heavy atom. The molecule has 0 aliphatic carbocycles. The highest BCUT2D eigenvalue weighted by atomic mass is 32.2. The number of amides is 3. The molecule has 3 rings (SSSR count). The quantitative estimate of drug-likeness (QED) is 0.753. The first-order valence-corrected chi connectivity index (χ1v) is 9.26. The maximum absolute atomic E-state index is 13.0. The van der Waals surface area contributed by atoms with Crippen LogP contribution in [0.5, 0.6) is 0 Å². The van der Waals surface area contributed by atoms with Crippen molar-refractivity contribution in [2.75, 3.05) is 13.1 Å². The molecule has 0 radical (unpaired) electrons. The van der Waals surface area contributed by atoms with Gasteiger partial charge in [-0.05, 0) is 53.2 Å². The van der Waals surface area contributed by atoms with Crippen LogP contribution in [0.1, 0.15) is 11.1 Å². The minimum absolute atomic E-state index is 0.0422. The molecule has 0 atom stereocenters. The third kappa shape index (κ3) is 5.04. The zero-order valence-electron chi connectivity index (χ0n) is 14.7. The molecule has 1 saturated heterocycles. The number of halogens is 2. The highest BCUT2D eigenvalue weighted by Gasteiger charge is 2.34. The van der Waals surface area contributed by atoms with E-state index in [1.165, 1.54) is 54.6 Å². The zero-order chi connectivity index (χ0) is 20.1. The Bertz CT molecular complexity index is 927. The number of nitrogens with one attached hydrogen (secondary N) is 1. The summed E-state index contributed by atoms with van der Waals surface area (Å²) in [6.07, 6.45) is 1.60. The number of thioether (sulfide) groups is 1. The van der Waals surface area contributed by atoms with Gasteiger partial charge in [0.1, 0.15) is 11.6 Å². The third-order valence-corrected chi connectivity index (χ3v) is 4.88. The molecule has 1 N–H and O–H groups in total. The molecule has 2 aromatic rings. The highest BCUT2D eigenvalue weighted by molar-refractivity contribution is 8.18. The number of rotatable bonds is 6. The number of hydrogen-bond donors (Lipinski definition) is 1. The van der Waals surface area contributed by atoms with Crippen LogP contribution in [0.2, 0.25) is 0 Å². The molecule has 0 spiro atoms. The predicted octanol–water partition coefficient (Wildman–Crippen LogP) is 3.36. The Morgan fingerprint density at radius 3 is 2.25 bits per heavy atom. The van der Waals surface area contributed by atoms with Crippen molar-refractivity contribution in [2.45, 2.75) is 6.42 Å². The van der Waals surface area contributed by atoms with E-state index in [1.54, 1.807) is 0 Å². The van der Waals surface area contributed by atoms with Crippen molar-refractivity contribution in [3.63, 3.8) is 0 Å². The van der Waals surface area contributed by atoms with Gasteiger partial charge in [0.2, 0.25) is 5.91 Å². The largest absolute Gasteiger partial charge is 0.354 e. The number of carbonyl (C=O) groups excluding carboxylic acids is 3. The summed E-state index contributed by atoms with van der Waals surface area (Å²) in [4.78, 5) is 37.7. The average molecular weight is 402 g/mol. The van der Waals surface area contributed by atoms with Crippen molar-refractivity contribution in [3.8, 4) is 0 Å². The molecular weight excluding hydrogens is 386 g/mol. The molecule has 3 amide bonds. The molecule has 2 aromatic carbocycles. The fourth-order valence-electron chi connectivity index (χ4n) is 2.56. The third-order valence-electron chi connectivity index (χ3n) is 3.98. The minimum atomic E-state index is -0.452. The molecule has 0 saturated carbocycles. The van der Waals surface area contributed by atoms with Gasteiger partial charge < -0.3 is 5.32 Å². The Balaban J connectivity index is 1.52. The van der Waals surface area contributed by atoms with Crippen LogP contribution >= 0.6 is 11.8 Å². The summed E-state index contributed by atoms with van der Waals surface area (Å²) in [5.74, 6) is -1.51. The lowest BCUT2D eigenvalue weighted by atomic mass is 10.1. The molecule has 0 bridgehead atoms. The van der Waals surface area contributed by atoms with Crippen LogP contribution in [-0.4, -0.2) is 35.0 Å². The van der Waals surface area contributed by atoms with Gasteiger partial charge in [0.25, 0.3) is 11.1 Å². The lowest BCUT2D eigenvalue weighted by Gasteiger charge is -2.13. The molecule has 8 heteroatoms. The van der Waals surface area contributed by atoms with E-state index in [0.717, 1.165) is 16.7 Å². The molecule has 1 aliphatic rings. The molecular formula is C20H16F2N2O3S. The van der Waals surface area contributed by atoms with E-state index in [4.69, 9.17) is 0 Å². The van der Waals surface area contributed by atoms with Gasteiger partial charge in [-0.15, -0.1) is 0 Å². The molecule has 28 heavy (non-hydrogen) atoms. The summed E-state index contributed by atoms with van der Waals surface area (Å²) in [5, 5.41) is 2.21. The van der Waals surface area contributed by atoms with E-state index in [9.17, 15) is 23.2 Å². The Labute approximate surface area is 164 Å². The van der Waals surface area contributed by atoms with Crippen molar-refractivity contribution in [3.05, 3.63) is 76.2 Å². The number of imide groups is 1. The second-order valence-corrected chi connectivity index (χ2v) is 7.03. The molecule has 5 nitrogen and oxygen atoms in total. The Morgan fingerprint density at radius 1 is 1.00 bits per heavy atom. The van der Waals surface area contributed by atoms with Crippen LogP contribution in [-0.2, 0) is 16.0 Å². The smallest absolute Gasteiger partial charge is 0.293 e. The van der Waals surface area contributed by atoms with E-state index >= 15 is 0 Å². The summed E-state index contributed by atoms with van der Waals surface area (Å²) in [5.41, 5.74) is 1.27. The predicted molar refractivity (Wildman–Crippen MR) is 102 cm³/mol. The van der Waals surface area contributed by atoms with Crippen molar-refractivity contribution < 1.29 is 23.2 Å². The first-order chi connectivity index (χ1) is 13.4. The van der Waals surface area contributed by atoms with Gasteiger partial charge >= 0.3 is 0 Å². The second-order valence-electron chi connectivity index (χ2n) is 6.04. The Kier molecular flexibility index (Phi) is 6.20. The maximum atomic E-state index is 13.0. The average Bonchev–Trinajstić information content (AvgIpc) is 2.93. The van der Waals surface area contributed by atoms with Crippen LogP contribution in [0.15, 0.2) is 53.4 Å². The van der Waals surface area contributed by atoms with Gasteiger partial charge in [0.05, 0.1) is 11.3 Å². The van der Waals surface area contributed by atoms with Crippen molar-refractivity contribution >= 4 is 34.9 Å². The first-order valence-electron chi connectivity index (χ1n) is 8.44. The lowest BCUT2D eigenvalue weighted by molar-refractivity contribution is -0.124. The minimum Gasteiger partial charge on any atom is -0.354 e. The number of hydrogen-bond acceptors (Lipinski definition) is 4. The van der Waals surface area contributed by atoms with Crippen molar-refractivity contribution in [2.24, 2.45) is 0 Å². The molecule has 144 valence electrons. The molecule has 0 aromatic heterocycles. The van der Waals surface area contributed by atoms with E-state index in [2.05, 4.69) is 5.32 Å². The Hall–Kier alpha value is -3.00. The summed E-state index contributed by atoms with van der Waals surface area (Å²) >= 11 is 0.800. The van der Waals surface area contributed by atoms with Gasteiger partial charge in [-0.25, -0.2) is 8.78 Å². The standard InChI is InChI=1S/C20H16F2N2O3S/c21-15-5-1-13(2-6-15)11-17-19(26)24(20(27)28-17)10-9-23-18(25)12-14-3-7-16(22)8-4-14/h1-8,11H,9-10,12H2,(H,23,25)/b17-11-. The van der Waals surface area contributed by atoms with Crippen LogP contribution < -0.4 is 5.32 Å². The van der Waals surface area contributed by atoms with Gasteiger partial charge in [0.15, 0.2) is 0 Å². The van der Waals surface area contributed by atoms with Crippen LogP contribution in [0.4, 0.5) is 13.6 Å². The fourth-order valence-corrected chi connectivity index (χ4v) is 3.43. The number of nitrogens with zero attached hydrogens (tertiary/aromatic N) is 1.